The first-order chi connectivity index (χ1) is 9.90. The number of ether oxygens (including phenoxy) is 1. The molecule has 0 fully saturated rings. The second-order valence-corrected chi connectivity index (χ2v) is 4.83. The molecule has 21 heavy (non-hydrogen) atoms. The second-order valence-electron chi connectivity index (χ2n) is 4.83. The van der Waals surface area contributed by atoms with Crippen LogP contribution in [0.1, 0.15) is 24.1 Å². The zero-order valence-electron chi connectivity index (χ0n) is 11.5. The number of hydrogen-bond acceptors (Lipinski definition) is 2. The molecule has 2 nitrogen and oxygen atoms in total. The van der Waals surface area contributed by atoms with E-state index in [4.69, 9.17) is 10.5 Å². The van der Waals surface area contributed by atoms with Crippen molar-refractivity contribution in [1.29, 1.82) is 0 Å². The fourth-order valence-electron chi connectivity index (χ4n) is 1.94. The van der Waals surface area contributed by atoms with Gasteiger partial charge in [-0.15, -0.1) is 0 Å². The van der Waals surface area contributed by atoms with Crippen LogP contribution < -0.4 is 10.5 Å². The molecule has 0 aromatic heterocycles. The Bertz CT molecular complexity index is 600. The van der Waals surface area contributed by atoms with Gasteiger partial charge in [-0.2, -0.15) is 8.78 Å². The smallest absolute Gasteiger partial charge is 0.306 e. The van der Waals surface area contributed by atoms with Crippen molar-refractivity contribution in [1.82, 2.24) is 0 Å². The maximum absolute atomic E-state index is 14.0. The van der Waals surface area contributed by atoms with Crippen molar-refractivity contribution in [2.24, 2.45) is 5.73 Å². The average Bonchev–Trinajstić information content (AvgIpc) is 2.46. The molecule has 0 saturated heterocycles. The molecular formula is C16H16F3NO. The molecule has 0 aliphatic carbocycles. The van der Waals surface area contributed by atoms with Gasteiger partial charge in [-0.1, -0.05) is 36.4 Å². The molecule has 0 aliphatic heterocycles. The van der Waals surface area contributed by atoms with Crippen LogP contribution in [0.4, 0.5) is 13.2 Å². The topological polar surface area (TPSA) is 35.2 Å². The Morgan fingerprint density at radius 3 is 2.43 bits per heavy atom. The van der Waals surface area contributed by atoms with Crippen LogP contribution in [0.25, 0.3) is 0 Å². The lowest BCUT2D eigenvalue weighted by molar-refractivity contribution is -0.0470. The molecule has 0 radical (unpaired) electrons. The molecule has 0 bridgehead atoms. The molecule has 0 aliphatic rings. The van der Waals surface area contributed by atoms with Gasteiger partial charge in [-0.05, 0) is 13.0 Å². The Balaban J connectivity index is 2.18. The van der Waals surface area contributed by atoms with E-state index < -0.39 is 24.4 Å². The summed E-state index contributed by atoms with van der Waals surface area (Å²) in [7, 11) is 0. The van der Waals surface area contributed by atoms with Crippen LogP contribution in [0, 0.1) is 5.82 Å². The van der Waals surface area contributed by atoms with E-state index in [2.05, 4.69) is 0 Å². The molecule has 1 atom stereocenters. The third kappa shape index (κ3) is 3.76. The van der Waals surface area contributed by atoms with E-state index >= 15 is 0 Å². The van der Waals surface area contributed by atoms with Crippen molar-refractivity contribution in [3.63, 3.8) is 0 Å². The summed E-state index contributed by atoms with van der Waals surface area (Å²) in [4.78, 5) is 0. The highest BCUT2D eigenvalue weighted by Gasteiger charge is 2.32. The highest BCUT2D eigenvalue weighted by molar-refractivity contribution is 5.36. The summed E-state index contributed by atoms with van der Waals surface area (Å²) in [5.74, 6) is -3.68. The molecule has 0 saturated carbocycles. The van der Waals surface area contributed by atoms with Gasteiger partial charge in [0.05, 0.1) is 0 Å². The summed E-state index contributed by atoms with van der Waals surface area (Å²) in [6, 6.07) is 10.6. The fourth-order valence-corrected chi connectivity index (χ4v) is 1.94. The first-order valence-corrected chi connectivity index (χ1v) is 6.51. The summed E-state index contributed by atoms with van der Waals surface area (Å²) in [6.45, 7) is 0.801. The van der Waals surface area contributed by atoms with Crippen molar-refractivity contribution in [3.8, 4) is 5.75 Å². The highest BCUT2D eigenvalue weighted by Crippen LogP contribution is 2.31. The van der Waals surface area contributed by atoms with Crippen LogP contribution in [-0.4, -0.2) is 6.61 Å². The lowest BCUT2D eigenvalue weighted by Gasteiger charge is -2.20. The van der Waals surface area contributed by atoms with Crippen LogP contribution in [0.5, 0.6) is 5.75 Å². The van der Waals surface area contributed by atoms with Gasteiger partial charge in [0.25, 0.3) is 0 Å². The molecule has 2 aromatic carbocycles. The maximum Gasteiger partial charge on any atom is 0.306 e. The monoisotopic (exact) mass is 295 g/mol. The van der Waals surface area contributed by atoms with Crippen LogP contribution in [-0.2, 0) is 5.92 Å². The highest BCUT2D eigenvalue weighted by atomic mass is 19.3. The number of alkyl halides is 2. The van der Waals surface area contributed by atoms with Gasteiger partial charge >= 0.3 is 5.92 Å². The number of nitrogens with two attached hydrogens (primary N) is 1. The SMILES string of the molecule is C[C@H](N)c1ccc(F)cc1OCC(F)(F)c1ccccc1. The summed E-state index contributed by atoms with van der Waals surface area (Å²) < 4.78 is 46.4. The van der Waals surface area contributed by atoms with Gasteiger partial charge < -0.3 is 10.5 Å². The molecule has 2 rings (SSSR count). The van der Waals surface area contributed by atoms with Crippen LogP contribution in [0.2, 0.25) is 0 Å². The third-order valence-electron chi connectivity index (χ3n) is 3.07. The Morgan fingerprint density at radius 2 is 1.81 bits per heavy atom. The Kier molecular flexibility index (Phi) is 4.53. The summed E-state index contributed by atoms with van der Waals surface area (Å²) >= 11 is 0. The molecule has 112 valence electrons. The molecule has 2 aromatic rings. The van der Waals surface area contributed by atoms with E-state index in [-0.39, 0.29) is 11.3 Å². The van der Waals surface area contributed by atoms with E-state index in [1.165, 1.54) is 36.4 Å². The van der Waals surface area contributed by atoms with E-state index in [1.54, 1.807) is 13.0 Å². The second kappa shape index (κ2) is 6.18. The quantitative estimate of drug-likeness (QED) is 0.904. The Hall–Kier alpha value is -2.01. The zero-order chi connectivity index (χ0) is 15.5. The van der Waals surface area contributed by atoms with E-state index in [1.807, 2.05) is 0 Å². The van der Waals surface area contributed by atoms with Crippen LogP contribution in [0.15, 0.2) is 48.5 Å². The van der Waals surface area contributed by atoms with E-state index in [0.29, 0.717) is 5.56 Å². The first-order valence-electron chi connectivity index (χ1n) is 6.51. The lowest BCUT2D eigenvalue weighted by atomic mass is 10.1. The summed E-state index contributed by atoms with van der Waals surface area (Å²) in [5, 5.41) is 0. The average molecular weight is 295 g/mol. The number of benzene rings is 2. The van der Waals surface area contributed by atoms with Crippen LogP contribution in [0.3, 0.4) is 0 Å². The minimum absolute atomic E-state index is 0.0422. The van der Waals surface area contributed by atoms with Gasteiger partial charge in [0.2, 0.25) is 0 Å². The van der Waals surface area contributed by atoms with Crippen molar-refractivity contribution in [3.05, 3.63) is 65.5 Å². The fraction of sp³-hybridized carbons (Fsp3) is 0.250. The molecule has 5 heteroatoms. The molecule has 2 N–H and O–H groups in total. The maximum atomic E-state index is 14.0. The first kappa shape index (κ1) is 15.4. The Labute approximate surface area is 121 Å². The van der Waals surface area contributed by atoms with Crippen molar-refractivity contribution < 1.29 is 17.9 Å². The van der Waals surface area contributed by atoms with Gasteiger partial charge in [-0.25, -0.2) is 4.39 Å². The Morgan fingerprint density at radius 1 is 1.14 bits per heavy atom. The van der Waals surface area contributed by atoms with Crippen molar-refractivity contribution in [2.75, 3.05) is 6.61 Å². The molecule has 0 amide bonds. The lowest BCUT2D eigenvalue weighted by Crippen LogP contribution is -2.23. The van der Waals surface area contributed by atoms with E-state index in [9.17, 15) is 13.2 Å². The molecule has 0 spiro atoms. The minimum Gasteiger partial charge on any atom is -0.486 e. The molecular weight excluding hydrogens is 279 g/mol. The normalized spacial score (nSPS) is 13.0. The number of hydrogen-bond donors (Lipinski definition) is 1. The molecule has 0 heterocycles. The predicted octanol–water partition coefficient (Wildman–Crippen LogP) is 4.02. The van der Waals surface area contributed by atoms with Crippen LogP contribution >= 0.6 is 0 Å². The standard InChI is InChI=1S/C16H16F3NO/c1-11(20)14-8-7-13(17)9-15(14)21-10-16(18,19)12-5-3-2-4-6-12/h2-9,11H,10,20H2,1H3/t11-/m0/s1. The van der Waals surface area contributed by atoms with Gasteiger partial charge in [-0.3, -0.25) is 0 Å². The number of halogens is 3. The largest absolute Gasteiger partial charge is 0.486 e. The summed E-state index contributed by atoms with van der Waals surface area (Å²) in [6.07, 6.45) is 0. The minimum atomic E-state index is -3.16. The number of rotatable bonds is 5. The van der Waals surface area contributed by atoms with Crippen molar-refractivity contribution >= 4 is 0 Å². The summed E-state index contributed by atoms with van der Waals surface area (Å²) in [5.41, 5.74) is 6.06. The predicted molar refractivity (Wildman–Crippen MR) is 74.8 cm³/mol. The third-order valence-corrected chi connectivity index (χ3v) is 3.07. The van der Waals surface area contributed by atoms with Gasteiger partial charge in [0, 0.05) is 23.2 Å². The van der Waals surface area contributed by atoms with E-state index in [0.717, 1.165) is 6.07 Å². The van der Waals surface area contributed by atoms with Crippen molar-refractivity contribution in [2.45, 2.75) is 18.9 Å². The zero-order valence-corrected chi connectivity index (χ0v) is 11.5. The molecule has 0 unspecified atom stereocenters. The van der Waals surface area contributed by atoms with Gasteiger partial charge in [0.1, 0.15) is 11.6 Å². The van der Waals surface area contributed by atoms with Gasteiger partial charge in [0.15, 0.2) is 6.61 Å².